The molecule has 0 bridgehead atoms. The van der Waals surface area contributed by atoms with Crippen molar-refractivity contribution in [1.82, 2.24) is 14.8 Å². The Labute approximate surface area is 130 Å². The number of nitrogens with one attached hydrogen (secondary N) is 1. The van der Waals surface area contributed by atoms with Crippen LogP contribution in [0.5, 0.6) is 0 Å². The standard InChI is InChI=1S/C15H13BrN4O/c1-2-20-13(7-9-18-20)15(21)19-12-6-5-11(16)10-4-3-8-17-14(10)12/h3-9H,2H2,1H3,(H,19,21). The number of anilines is 1. The fourth-order valence-corrected chi connectivity index (χ4v) is 2.65. The Balaban J connectivity index is 1.99. The summed E-state index contributed by atoms with van der Waals surface area (Å²) in [6.45, 7) is 2.59. The third kappa shape index (κ3) is 2.54. The van der Waals surface area contributed by atoms with Crippen molar-refractivity contribution in [3.63, 3.8) is 0 Å². The highest BCUT2D eigenvalue weighted by atomic mass is 79.9. The Bertz CT molecular complexity index is 812. The van der Waals surface area contributed by atoms with Crippen LogP contribution < -0.4 is 5.32 Å². The maximum atomic E-state index is 12.4. The summed E-state index contributed by atoms with van der Waals surface area (Å²) in [7, 11) is 0. The van der Waals surface area contributed by atoms with E-state index in [-0.39, 0.29) is 5.91 Å². The van der Waals surface area contributed by atoms with Crippen molar-refractivity contribution in [3.8, 4) is 0 Å². The molecule has 0 aliphatic rings. The highest BCUT2D eigenvalue weighted by molar-refractivity contribution is 9.10. The van der Waals surface area contributed by atoms with E-state index in [0.29, 0.717) is 17.9 Å². The van der Waals surface area contributed by atoms with Crippen molar-refractivity contribution in [3.05, 3.63) is 52.9 Å². The third-order valence-corrected chi connectivity index (χ3v) is 3.90. The first-order valence-electron chi connectivity index (χ1n) is 6.57. The molecular weight excluding hydrogens is 332 g/mol. The zero-order chi connectivity index (χ0) is 14.8. The number of benzene rings is 1. The van der Waals surface area contributed by atoms with E-state index < -0.39 is 0 Å². The lowest BCUT2D eigenvalue weighted by Gasteiger charge is -2.10. The van der Waals surface area contributed by atoms with Gasteiger partial charge in [-0.25, -0.2) is 0 Å². The fourth-order valence-electron chi connectivity index (χ4n) is 2.20. The number of aryl methyl sites for hydroxylation is 1. The molecule has 3 rings (SSSR count). The van der Waals surface area contributed by atoms with Gasteiger partial charge in [-0.2, -0.15) is 5.10 Å². The van der Waals surface area contributed by atoms with E-state index in [4.69, 9.17) is 0 Å². The summed E-state index contributed by atoms with van der Waals surface area (Å²) >= 11 is 3.49. The van der Waals surface area contributed by atoms with Crippen molar-refractivity contribution < 1.29 is 4.79 Å². The average molecular weight is 345 g/mol. The van der Waals surface area contributed by atoms with Crippen molar-refractivity contribution in [1.29, 1.82) is 0 Å². The number of nitrogens with zero attached hydrogens (tertiary/aromatic N) is 3. The number of carbonyl (C=O) groups excluding carboxylic acids is 1. The van der Waals surface area contributed by atoms with Gasteiger partial charge in [-0.3, -0.25) is 14.5 Å². The van der Waals surface area contributed by atoms with Crippen LogP contribution in [0.1, 0.15) is 17.4 Å². The van der Waals surface area contributed by atoms with E-state index in [1.165, 1.54) is 0 Å². The monoisotopic (exact) mass is 344 g/mol. The van der Waals surface area contributed by atoms with Gasteiger partial charge in [0.05, 0.1) is 11.2 Å². The van der Waals surface area contributed by atoms with E-state index in [9.17, 15) is 4.79 Å². The molecular formula is C15H13BrN4O. The minimum atomic E-state index is -0.191. The zero-order valence-electron chi connectivity index (χ0n) is 11.4. The first-order chi connectivity index (χ1) is 10.2. The lowest BCUT2D eigenvalue weighted by atomic mass is 10.2. The minimum absolute atomic E-state index is 0.191. The van der Waals surface area contributed by atoms with Crippen LogP contribution in [0.2, 0.25) is 0 Å². The van der Waals surface area contributed by atoms with Crippen LogP contribution in [0, 0.1) is 0 Å². The summed E-state index contributed by atoms with van der Waals surface area (Å²) in [6, 6.07) is 9.26. The number of halogens is 1. The lowest BCUT2D eigenvalue weighted by Crippen LogP contribution is -2.17. The molecule has 21 heavy (non-hydrogen) atoms. The summed E-state index contributed by atoms with van der Waals surface area (Å²) < 4.78 is 2.60. The predicted molar refractivity (Wildman–Crippen MR) is 85.3 cm³/mol. The van der Waals surface area contributed by atoms with Crippen molar-refractivity contribution >= 4 is 38.4 Å². The van der Waals surface area contributed by atoms with Crippen LogP contribution in [-0.2, 0) is 6.54 Å². The van der Waals surface area contributed by atoms with Gasteiger partial charge in [0, 0.05) is 28.8 Å². The number of hydrogen-bond donors (Lipinski definition) is 1. The Morgan fingerprint density at radius 3 is 2.95 bits per heavy atom. The molecule has 6 heteroatoms. The molecule has 1 amide bonds. The van der Waals surface area contributed by atoms with E-state index in [1.807, 2.05) is 31.2 Å². The number of amides is 1. The van der Waals surface area contributed by atoms with Crippen LogP contribution >= 0.6 is 15.9 Å². The summed E-state index contributed by atoms with van der Waals surface area (Å²) in [5, 5.41) is 7.97. The molecule has 1 aromatic carbocycles. The molecule has 0 atom stereocenters. The van der Waals surface area contributed by atoms with Crippen LogP contribution in [0.15, 0.2) is 47.2 Å². The van der Waals surface area contributed by atoms with Crippen molar-refractivity contribution in [2.45, 2.75) is 13.5 Å². The third-order valence-electron chi connectivity index (χ3n) is 3.21. The van der Waals surface area contributed by atoms with E-state index >= 15 is 0 Å². The molecule has 2 aromatic heterocycles. The molecule has 0 spiro atoms. The number of carbonyl (C=O) groups is 1. The minimum Gasteiger partial charge on any atom is -0.319 e. The fraction of sp³-hybridized carbons (Fsp3) is 0.133. The van der Waals surface area contributed by atoms with Gasteiger partial charge in [-0.15, -0.1) is 0 Å². The molecule has 106 valence electrons. The van der Waals surface area contributed by atoms with Crippen LogP contribution in [0.4, 0.5) is 5.69 Å². The summed E-state index contributed by atoms with van der Waals surface area (Å²) in [4.78, 5) is 16.7. The van der Waals surface area contributed by atoms with Gasteiger partial charge in [-0.1, -0.05) is 22.0 Å². The molecule has 0 saturated carbocycles. The Morgan fingerprint density at radius 1 is 1.29 bits per heavy atom. The van der Waals surface area contributed by atoms with Gasteiger partial charge in [0.15, 0.2) is 0 Å². The van der Waals surface area contributed by atoms with Gasteiger partial charge in [0.2, 0.25) is 0 Å². The number of pyridine rings is 1. The van der Waals surface area contributed by atoms with Gasteiger partial charge >= 0.3 is 0 Å². The SMILES string of the molecule is CCn1nccc1C(=O)Nc1ccc(Br)c2cccnc12. The van der Waals surface area contributed by atoms with Crippen LogP contribution in [-0.4, -0.2) is 20.7 Å². The maximum Gasteiger partial charge on any atom is 0.273 e. The normalized spacial score (nSPS) is 10.8. The largest absolute Gasteiger partial charge is 0.319 e. The maximum absolute atomic E-state index is 12.4. The van der Waals surface area contributed by atoms with Gasteiger partial charge in [0.1, 0.15) is 5.69 Å². The molecule has 0 unspecified atom stereocenters. The van der Waals surface area contributed by atoms with E-state index in [0.717, 1.165) is 15.4 Å². The highest BCUT2D eigenvalue weighted by Crippen LogP contribution is 2.28. The molecule has 3 aromatic rings. The number of hydrogen-bond acceptors (Lipinski definition) is 3. The Hall–Kier alpha value is -2.21. The van der Waals surface area contributed by atoms with E-state index in [2.05, 4.69) is 31.3 Å². The molecule has 0 aliphatic carbocycles. The lowest BCUT2D eigenvalue weighted by molar-refractivity contribution is 0.101. The predicted octanol–water partition coefficient (Wildman–Crippen LogP) is 3.47. The molecule has 2 heterocycles. The Kier molecular flexibility index (Phi) is 3.70. The molecule has 5 nitrogen and oxygen atoms in total. The summed E-state index contributed by atoms with van der Waals surface area (Å²) in [6.07, 6.45) is 3.33. The molecule has 1 N–H and O–H groups in total. The Morgan fingerprint density at radius 2 is 2.14 bits per heavy atom. The number of aromatic nitrogens is 3. The quantitative estimate of drug-likeness (QED) is 0.791. The summed E-state index contributed by atoms with van der Waals surface area (Å²) in [5.41, 5.74) is 1.97. The highest BCUT2D eigenvalue weighted by Gasteiger charge is 2.13. The first-order valence-corrected chi connectivity index (χ1v) is 7.36. The zero-order valence-corrected chi connectivity index (χ0v) is 13.0. The molecule has 0 aliphatic heterocycles. The first kappa shape index (κ1) is 13.8. The van der Waals surface area contributed by atoms with Crippen LogP contribution in [0.25, 0.3) is 10.9 Å². The average Bonchev–Trinajstić information content (AvgIpc) is 2.99. The van der Waals surface area contributed by atoms with Gasteiger partial charge in [0.25, 0.3) is 5.91 Å². The number of rotatable bonds is 3. The van der Waals surface area contributed by atoms with Gasteiger partial charge < -0.3 is 5.32 Å². The van der Waals surface area contributed by atoms with E-state index in [1.54, 1.807) is 23.1 Å². The van der Waals surface area contributed by atoms with Crippen LogP contribution in [0.3, 0.4) is 0 Å². The smallest absolute Gasteiger partial charge is 0.273 e. The number of fused-ring (bicyclic) bond motifs is 1. The van der Waals surface area contributed by atoms with Crippen molar-refractivity contribution in [2.75, 3.05) is 5.32 Å². The topological polar surface area (TPSA) is 59.8 Å². The second-order valence-electron chi connectivity index (χ2n) is 4.48. The van der Waals surface area contributed by atoms with Crippen molar-refractivity contribution in [2.24, 2.45) is 0 Å². The second-order valence-corrected chi connectivity index (χ2v) is 5.34. The van der Waals surface area contributed by atoms with Gasteiger partial charge in [-0.05, 0) is 31.2 Å². The molecule has 0 saturated heterocycles. The summed E-state index contributed by atoms with van der Waals surface area (Å²) in [5.74, 6) is -0.191. The molecule has 0 fully saturated rings. The molecule has 0 radical (unpaired) electrons. The second kappa shape index (κ2) is 5.65.